The Kier molecular flexibility index (Phi) is 2.44. The van der Waals surface area contributed by atoms with E-state index in [0.29, 0.717) is 10.4 Å². The van der Waals surface area contributed by atoms with Crippen LogP contribution in [0.4, 0.5) is 0 Å². The third-order valence-corrected chi connectivity index (χ3v) is 2.51. The maximum atomic E-state index is 11.8. The quantitative estimate of drug-likeness (QED) is 0.829. The van der Waals surface area contributed by atoms with Crippen LogP contribution in [0, 0.1) is 6.92 Å². The smallest absolute Gasteiger partial charge is 0.372 e. The number of carboxylic acid groups (broad SMARTS) is 1. The molecule has 2 rings (SSSR count). The fourth-order valence-corrected chi connectivity index (χ4v) is 1.63. The number of hydrogen-bond acceptors (Lipinski definition) is 3. The maximum absolute atomic E-state index is 11.8. The van der Waals surface area contributed by atoms with Gasteiger partial charge >= 0.3 is 5.97 Å². The summed E-state index contributed by atoms with van der Waals surface area (Å²) in [7, 11) is 0. The lowest BCUT2D eigenvalue weighted by molar-refractivity contribution is 0.0661. The van der Waals surface area contributed by atoms with Crippen LogP contribution in [0.5, 0.6) is 0 Å². The molecule has 1 aromatic heterocycles. The molecule has 0 spiro atoms. The Morgan fingerprint density at radius 3 is 2.75 bits per heavy atom. The fraction of sp³-hybridized carbons (Fsp3) is 0.0909. The Morgan fingerprint density at radius 1 is 1.44 bits per heavy atom. The average Bonchev–Trinajstić information content (AvgIpc) is 2.22. The summed E-state index contributed by atoms with van der Waals surface area (Å²) in [6, 6.07) is 4.49. The second-order valence-electron chi connectivity index (χ2n) is 3.33. The molecule has 2 aromatic rings. The number of halogens is 1. The van der Waals surface area contributed by atoms with Gasteiger partial charge in [0.25, 0.3) is 0 Å². The number of benzene rings is 1. The van der Waals surface area contributed by atoms with Gasteiger partial charge in [-0.3, -0.25) is 4.79 Å². The molecule has 5 heteroatoms. The third kappa shape index (κ3) is 1.57. The Balaban J connectivity index is 2.94. The number of fused-ring (bicyclic) bond motifs is 1. The largest absolute Gasteiger partial charge is 0.475 e. The molecule has 0 atom stereocenters. The van der Waals surface area contributed by atoms with Crippen LogP contribution >= 0.6 is 11.6 Å². The lowest BCUT2D eigenvalue weighted by atomic mass is 10.1. The molecule has 0 aliphatic carbocycles. The first-order valence-corrected chi connectivity index (χ1v) is 4.85. The van der Waals surface area contributed by atoms with Gasteiger partial charge in [0, 0.05) is 16.7 Å². The number of hydrogen-bond donors (Lipinski definition) is 1. The molecule has 0 fully saturated rings. The Bertz CT molecular complexity index is 642. The highest BCUT2D eigenvalue weighted by Gasteiger charge is 2.16. The standard InChI is InChI=1S/C11H7ClO4/c1-5-9(13)7-3-2-6(12)4-8(7)16-10(5)11(14)15/h2-4H,1H3,(H,14,15). The summed E-state index contributed by atoms with van der Waals surface area (Å²) >= 11 is 5.73. The highest BCUT2D eigenvalue weighted by atomic mass is 35.5. The highest BCUT2D eigenvalue weighted by Crippen LogP contribution is 2.19. The van der Waals surface area contributed by atoms with E-state index in [1.165, 1.54) is 19.1 Å². The van der Waals surface area contributed by atoms with E-state index >= 15 is 0 Å². The van der Waals surface area contributed by atoms with E-state index in [1.54, 1.807) is 6.07 Å². The minimum absolute atomic E-state index is 0.0855. The van der Waals surface area contributed by atoms with Gasteiger partial charge in [0.15, 0.2) is 5.43 Å². The van der Waals surface area contributed by atoms with Crippen LogP contribution in [0.25, 0.3) is 11.0 Å². The summed E-state index contributed by atoms with van der Waals surface area (Å²) < 4.78 is 5.13. The molecule has 1 N–H and O–H groups in total. The number of rotatable bonds is 1. The topological polar surface area (TPSA) is 67.5 Å². The van der Waals surface area contributed by atoms with Crippen molar-refractivity contribution in [1.29, 1.82) is 0 Å². The summed E-state index contributed by atoms with van der Waals surface area (Å²) in [5, 5.41) is 9.56. The first-order valence-electron chi connectivity index (χ1n) is 4.47. The monoisotopic (exact) mass is 238 g/mol. The minimum Gasteiger partial charge on any atom is -0.475 e. The molecule has 1 heterocycles. The van der Waals surface area contributed by atoms with Gasteiger partial charge in [0.05, 0.1) is 5.39 Å². The molecule has 82 valence electrons. The van der Waals surface area contributed by atoms with E-state index in [1.807, 2.05) is 0 Å². The summed E-state index contributed by atoms with van der Waals surface area (Å²) in [6.07, 6.45) is 0. The first kappa shape index (κ1) is 10.7. The molecule has 0 aliphatic heterocycles. The van der Waals surface area contributed by atoms with Gasteiger partial charge in [0.1, 0.15) is 5.58 Å². The number of carbonyl (C=O) groups is 1. The Morgan fingerprint density at radius 2 is 2.12 bits per heavy atom. The first-order chi connectivity index (χ1) is 7.50. The van der Waals surface area contributed by atoms with Crippen LogP contribution in [0.15, 0.2) is 27.4 Å². The van der Waals surface area contributed by atoms with Crippen molar-refractivity contribution in [3.63, 3.8) is 0 Å². The minimum atomic E-state index is -1.27. The van der Waals surface area contributed by atoms with Crippen molar-refractivity contribution in [1.82, 2.24) is 0 Å². The van der Waals surface area contributed by atoms with Gasteiger partial charge in [-0.05, 0) is 19.1 Å². The Labute approximate surface area is 95.1 Å². The van der Waals surface area contributed by atoms with Gasteiger partial charge in [-0.15, -0.1) is 0 Å². The van der Waals surface area contributed by atoms with Crippen LogP contribution in [-0.2, 0) is 0 Å². The summed E-state index contributed by atoms with van der Waals surface area (Å²) in [5.74, 6) is -1.61. The van der Waals surface area contributed by atoms with Gasteiger partial charge in [-0.2, -0.15) is 0 Å². The third-order valence-electron chi connectivity index (χ3n) is 2.28. The molecule has 0 bridgehead atoms. The predicted octanol–water partition coefficient (Wildman–Crippen LogP) is 2.45. The van der Waals surface area contributed by atoms with Gasteiger partial charge in [-0.1, -0.05) is 11.6 Å². The molecular formula is C11H7ClO4. The number of carboxylic acids is 1. The van der Waals surface area contributed by atoms with Crippen LogP contribution < -0.4 is 5.43 Å². The summed E-state index contributed by atoms with van der Waals surface area (Å²) in [6.45, 7) is 1.42. The molecule has 0 radical (unpaired) electrons. The summed E-state index contributed by atoms with van der Waals surface area (Å²) in [5.41, 5.74) is -0.0851. The maximum Gasteiger partial charge on any atom is 0.372 e. The van der Waals surface area contributed by atoms with Crippen LogP contribution in [0.1, 0.15) is 16.1 Å². The molecule has 4 nitrogen and oxygen atoms in total. The zero-order valence-electron chi connectivity index (χ0n) is 8.28. The van der Waals surface area contributed by atoms with Crippen molar-refractivity contribution in [2.75, 3.05) is 0 Å². The second kappa shape index (κ2) is 3.64. The SMILES string of the molecule is Cc1c(C(=O)O)oc2cc(Cl)ccc2c1=O. The van der Waals surface area contributed by atoms with E-state index in [9.17, 15) is 9.59 Å². The van der Waals surface area contributed by atoms with Gasteiger partial charge in [-0.25, -0.2) is 4.79 Å². The van der Waals surface area contributed by atoms with Crippen LogP contribution in [0.3, 0.4) is 0 Å². The lowest BCUT2D eigenvalue weighted by Gasteiger charge is -2.02. The van der Waals surface area contributed by atoms with E-state index in [2.05, 4.69) is 0 Å². The molecule has 0 saturated heterocycles. The predicted molar refractivity (Wildman–Crippen MR) is 59.2 cm³/mol. The molecule has 1 aromatic carbocycles. The average molecular weight is 239 g/mol. The molecule has 0 amide bonds. The van der Waals surface area contributed by atoms with Gasteiger partial charge < -0.3 is 9.52 Å². The van der Waals surface area contributed by atoms with E-state index in [4.69, 9.17) is 21.1 Å². The molecule has 0 unspecified atom stereocenters. The highest BCUT2D eigenvalue weighted by molar-refractivity contribution is 6.31. The summed E-state index contributed by atoms with van der Waals surface area (Å²) in [4.78, 5) is 22.6. The zero-order valence-corrected chi connectivity index (χ0v) is 9.04. The normalized spacial score (nSPS) is 10.6. The molecular weight excluding hydrogens is 232 g/mol. The lowest BCUT2D eigenvalue weighted by Crippen LogP contribution is -2.12. The van der Waals surface area contributed by atoms with Crippen molar-refractivity contribution in [2.24, 2.45) is 0 Å². The van der Waals surface area contributed by atoms with Crippen molar-refractivity contribution in [3.8, 4) is 0 Å². The van der Waals surface area contributed by atoms with E-state index in [0.717, 1.165) is 0 Å². The Hall–Kier alpha value is -1.81. The fourth-order valence-electron chi connectivity index (χ4n) is 1.46. The molecule has 16 heavy (non-hydrogen) atoms. The number of aromatic carboxylic acids is 1. The van der Waals surface area contributed by atoms with Crippen molar-refractivity contribution < 1.29 is 14.3 Å². The molecule has 0 saturated carbocycles. The van der Waals surface area contributed by atoms with Gasteiger partial charge in [0.2, 0.25) is 5.76 Å². The van der Waals surface area contributed by atoms with Crippen molar-refractivity contribution in [2.45, 2.75) is 6.92 Å². The van der Waals surface area contributed by atoms with Crippen LogP contribution in [-0.4, -0.2) is 11.1 Å². The zero-order chi connectivity index (χ0) is 11.9. The second-order valence-corrected chi connectivity index (χ2v) is 3.77. The van der Waals surface area contributed by atoms with Crippen LogP contribution in [0.2, 0.25) is 5.02 Å². The molecule has 0 aliphatic rings. The van der Waals surface area contributed by atoms with E-state index in [-0.39, 0.29) is 22.3 Å². The van der Waals surface area contributed by atoms with Crippen molar-refractivity contribution >= 4 is 28.5 Å². The van der Waals surface area contributed by atoms with E-state index < -0.39 is 5.97 Å². The van der Waals surface area contributed by atoms with Crippen molar-refractivity contribution in [3.05, 3.63) is 44.8 Å².